The molecule has 4 aromatic rings. The lowest BCUT2D eigenvalue weighted by atomic mass is 9.77. The van der Waals surface area contributed by atoms with Gasteiger partial charge in [0.25, 0.3) is 11.8 Å². The smallest absolute Gasteiger partial charge is 0.256 e. The van der Waals surface area contributed by atoms with Crippen LogP contribution in [-0.2, 0) is 0 Å². The van der Waals surface area contributed by atoms with Crippen LogP contribution in [-0.4, -0.2) is 41.0 Å². The third kappa shape index (κ3) is 5.91. The van der Waals surface area contributed by atoms with E-state index in [4.69, 9.17) is 14.1 Å². The summed E-state index contributed by atoms with van der Waals surface area (Å²) in [4.78, 5) is 17.0. The Morgan fingerprint density at radius 3 is 2.42 bits per heavy atom. The zero-order chi connectivity index (χ0) is 26.9. The van der Waals surface area contributed by atoms with Crippen LogP contribution < -0.4 is 10.1 Å². The standard InChI is InChI=1S/C24H22N4O3.C4H6S.C2H6/c1-25-21(29)18-13-16-11-12-17(14-9-6-10-14)19(20(16)26-23(18)30-2)24-28-27-22(31-24)15-7-4-3-5-8-15;1-2-4-5-3-1;1-2/h3-5,7-8,11-14H,6,9-10H2,1-2H3,(H,25,29);1,3H,2,4H2;1-2H3. The number of nitrogens with zero attached hydrogens (tertiary/aromatic N) is 3. The molecule has 38 heavy (non-hydrogen) atoms. The molecule has 2 aromatic heterocycles. The Morgan fingerprint density at radius 2 is 1.84 bits per heavy atom. The number of hydrogen-bond acceptors (Lipinski definition) is 7. The summed E-state index contributed by atoms with van der Waals surface area (Å²) < 4.78 is 11.6. The van der Waals surface area contributed by atoms with E-state index >= 15 is 0 Å². The molecule has 2 aliphatic rings. The first-order valence-electron chi connectivity index (χ1n) is 13.1. The first-order valence-corrected chi connectivity index (χ1v) is 14.1. The average Bonchev–Trinajstić information content (AvgIpc) is 3.68. The van der Waals surface area contributed by atoms with Crippen molar-refractivity contribution < 1.29 is 13.9 Å². The molecule has 0 atom stereocenters. The molecule has 1 N–H and O–H groups in total. The second-order valence-electron chi connectivity index (χ2n) is 8.66. The van der Waals surface area contributed by atoms with Gasteiger partial charge in [-0.2, -0.15) is 0 Å². The first kappa shape index (κ1) is 27.4. The van der Waals surface area contributed by atoms with Gasteiger partial charge in [-0.25, -0.2) is 4.98 Å². The van der Waals surface area contributed by atoms with Crippen molar-refractivity contribution in [2.75, 3.05) is 19.9 Å². The number of benzene rings is 2. The van der Waals surface area contributed by atoms with Gasteiger partial charge in [0.05, 0.1) is 18.2 Å². The molecular weight excluding hydrogens is 496 g/mol. The van der Waals surface area contributed by atoms with E-state index in [1.54, 1.807) is 13.1 Å². The van der Waals surface area contributed by atoms with Crippen molar-refractivity contribution >= 4 is 28.6 Å². The summed E-state index contributed by atoms with van der Waals surface area (Å²) in [5.41, 5.74) is 3.90. The minimum atomic E-state index is -0.250. The maximum atomic E-state index is 12.3. The number of nitrogens with one attached hydrogen (secondary N) is 1. The highest BCUT2D eigenvalue weighted by molar-refractivity contribution is 8.02. The number of pyridine rings is 1. The highest BCUT2D eigenvalue weighted by Gasteiger charge is 2.28. The van der Waals surface area contributed by atoms with Gasteiger partial charge in [0.1, 0.15) is 5.56 Å². The van der Waals surface area contributed by atoms with Crippen LogP contribution >= 0.6 is 11.8 Å². The molecule has 6 rings (SSSR count). The molecule has 1 amide bonds. The predicted octanol–water partition coefficient (Wildman–Crippen LogP) is 7.25. The lowest BCUT2D eigenvalue weighted by molar-refractivity contribution is 0.0959. The number of hydrogen-bond donors (Lipinski definition) is 1. The number of methoxy groups -OCH3 is 1. The number of thioether (sulfide) groups is 1. The van der Waals surface area contributed by atoms with Gasteiger partial charge in [-0.3, -0.25) is 4.79 Å². The molecular formula is C30H34N4O3S. The highest BCUT2D eigenvalue weighted by atomic mass is 32.2. The van der Waals surface area contributed by atoms with Crippen molar-refractivity contribution in [3.05, 3.63) is 71.1 Å². The predicted molar refractivity (Wildman–Crippen MR) is 155 cm³/mol. The molecule has 1 aliphatic carbocycles. The SMILES string of the molecule is C1=CSCC1.CC.CNC(=O)c1cc2ccc(C3CCC3)c(-c3nnc(-c4ccccc4)o3)c2nc1OC. The van der Waals surface area contributed by atoms with Gasteiger partial charge in [0.2, 0.25) is 11.8 Å². The summed E-state index contributed by atoms with van der Waals surface area (Å²) in [5.74, 6) is 2.63. The second-order valence-corrected chi connectivity index (χ2v) is 9.68. The lowest BCUT2D eigenvalue weighted by Gasteiger charge is -2.27. The molecule has 1 aliphatic heterocycles. The quantitative estimate of drug-likeness (QED) is 0.291. The number of rotatable bonds is 5. The van der Waals surface area contributed by atoms with Crippen LogP contribution in [0.5, 0.6) is 5.88 Å². The highest BCUT2D eigenvalue weighted by Crippen LogP contribution is 2.44. The number of ether oxygens (including phenoxy) is 1. The molecule has 0 saturated heterocycles. The van der Waals surface area contributed by atoms with Crippen LogP contribution in [0.25, 0.3) is 33.8 Å². The van der Waals surface area contributed by atoms with Crippen LogP contribution in [0, 0.1) is 0 Å². The Bertz CT molecular complexity index is 1390. The molecule has 198 valence electrons. The van der Waals surface area contributed by atoms with Crippen LogP contribution in [0.3, 0.4) is 0 Å². The zero-order valence-electron chi connectivity index (χ0n) is 22.4. The average molecular weight is 531 g/mol. The van der Waals surface area contributed by atoms with Gasteiger partial charge in [-0.05, 0) is 54.4 Å². The van der Waals surface area contributed by atoms with Crippen LogP contribution in [0.4, 0.5) is 0 Å². The van der Waals surface area contributed by atoms with Crippen LogP contribution in [0.2, 0.25) is 0 Å². The maximum absolute atomic E-state index is 12.3. The molecule has 0 spiro atoms. The molecule has 8 heteroatoms. The van der Waals surface area contributed by atoms with Gasteiger partial charge in [-0.1, -0.05) is 56.7 Å². The van der Waals surface area contributed by atoms with Crippen molar-refractivity contribution in [3.63, 3.8) is 0 Å². The molecule has 7 nitrogen and oxygen atoms in total. The molecule has 0 radical (unpaired) electrons. The minimum Gasteiger partial charge on any atom is -0.480 e. The summed E-state index contributed by atoms with van der Waals surface area (Å²) in [5, 5.41) is 14.2. The van der Waals surface area contributed by atoms with E-state index in [0.29, 0.717) is 28.8 Å². The van der Waals surface area contributed by atoms with Gasteiger partial charge in [0.15, 0.2) is 0 Å². The summed E-state index contributed by atoms with van der Waals surface area (Å²) in [6, 6.07) is 15.6. The van der Waals surface area contributed by atoms with Gasteiger partial charge >= 0.3 is 0 Å². The van der Waals surface area contributed by atoms with Crippen molar-refractivity contribution in [3.8, 4) is 28.8 Å². The van der Waals surface area contributed by atoms with E-state index in [1.165, 1.54) is 25.7 Å². The molecule has 1 saturated carbocycles. The summed E-state index contributed by atoms with van der Waals surface area (Å²) >= 11 is 1.89. The van der Waals surface area contributed by atoms with E-state index in [1.807, 2.05) is 62.0 Å². The number of allylic oxidation sites excluding steroid dienone is 1. The fourth-order valence-electron chi connectivity index (χ4n) is 4.34. The fraction of sp³-hybridized carbons (Fsp3) is 0.333. The van der Waals surface area contributed by atoms with Crippen molar-refractivity contribution in [1.82, 2.24) is 20.5 Å². The number of aromatic nitrogens is 3. The third-order valence-corrected chi connectivity index (χ3v) is 7.31. The van der Waals surface area contributed by atoms with Crippen molar-refractivity contribution in [1.29, 1.82) is 0 Å². The minimum absolute atomic E-state index is 0.250. The first-order chi connectivity index (χ1) is 18.7. The van der Waals surface area contributed by atoms with E-state index < -0.39 is 0 Å². The molecule has 3 heterocycles. The van der Waals surface area contributed by atoms with Crippen LogP contribution in [0.15, 0.2) is 64.4 Å². The topological polar surface area (TPSA) is 90.1 Å². The zero-order valence-corrected chi connectivity index (χ0v) is 23.2. The lowest BCUT2D eigenvalue weighted by Crippen LogP contribution is -2.19. The Kier molecular flexibility index (Phi) is 9.54. The Labute approximate surface area is 228 Å². The summed E-state index contributed by atoms with van der Waals surface area (Å²) in [6.45, 7) is 4.00. The molecule has 1 fully saturated rings. The molecule has 0 bridgehead atoms. The fourth-order valence-corrected chi connectivity index (χ4v) is 5.02. The Balaban J connectivity index is 0.000000425. The molecule has 2 aromatic carbocycles. The summed E-state index contributed by atoms with van der Waals surface area (Å²) in [6.07, 6.45) is 6.92. The maximum Gasteiger partial charge on any atom is 0.256 e. The van der Waals surface area contributed by atoms with Gasteiger partial charge in [0, 0.05) is 23.8 Å². The van der Waals surface area contributed by atoms with E-state index in [9.17, 15) is 4.79 Å². The van der Waals surface area contributed by atoms with Crippen molar-refractivity contribution in [2.24, 2.45) is 0 Å². The van der Waals surface area contributed by atoms with Gasteiger partial charge in [-0.15, -0.1) is 22.0 Å². The van der Waals surface area contributed by atoms with E-state index in [0.717, 1.165) is 34.9 Å². The summed E-state index contributed by atoms with van der Waals surface area (Å²) in [7, 11) is 3.09. The second kappa shape index (κ2) is 13.2. The Morgan fingerprint density at radius 1 is 1.08 bits per heavy atom. The number of amides is 1. The van der Waals surface area contributed by atoms with Gasteiger partial charge < -0.3 is 14.5 Å². The van der Waals surface area contributed by atoms with E-state index in [2.05, 4.69) is 33.1 Å². The number of carbonyl (C=O) groups excluding carboxylic acids is 1. The normalized spacial score (nSPS) is 14.1. The monoisotopic (exact) mass is 530 g/mol. The largest absolute Gasteiger partial charge is 0.480 e. The van der Waals surface area contributed by atoms with Crippen LogP contribution in [0.1, 0.15) is 61.4 Å². The number of carbonyl (C=O) groups is 1. The third-order valence-electron chi connectivity index (χ3n) is 6.45. The van der Waals surface area contributed by atoms with Crippen molar-refractivity contribution in [2.45, 2.75) is 45.4 Å². The number of fused-ring (bicyclic) bond motifs is 1. The molecule has 0 unspecified atom stereocenters. The van der Waals surface area contributed by atoms with E-state index in [-0.39, 0.29) is 11.8 Å². The Hall–Kier alpha value is -3.65.